The first-order chi connectivity index (χ1) is 10.3. The van der Waals surface area contributed by atoms with Crippen molar-refractivity contribution in [3.05, 3.63) is 17.0 Å². The van der Waals surface area contributed by atoms with Crippen molar-refractivity contribution in [3.8, 4) is 0 Å². The maximum Gasteiger partial charge on any atom is 0.156 e. The zero-order valence-electron chi connectivity index (χ0n) is 12.2. The molecule has 0 aromatic carbocycles. The van der Waals surface area contributed by atoms with Gasteiger partial charge in [0.15, 0.2) is 6.29 Å². The van der Waals surface area contributed by atoms with Crippen LogP contribution in [0.1, 0.15) is 42.5 Å². The van der Waals surface area contributed by atoms with Crippen LogP contribution in [-0.2, 0) is 0 Å². The Morgan fingerprint density at radius 3 is 2.48 bits per heavy atom. The van der Waals surface area contributed by atoms with Crippen molar-refractivity contribution in [1.29, 1.82) is 0 Å². The third-order valence-corrected chi connectivity index (χ3v) is 4.90. The van der Waals surface area contributed by atoms with Gasteiger partial charge < -0.3 is 9.80 Å². The Bertz CT molecular complexity index is 496. The van der Waals surface area contributed by atoms with Crippen LogP contribution >= 0.6 is 11.6 Å². The third kappa shape index (κ3) is 3.19. The highest BCUT2D eigenvalue weighted by molar-refractivity contribution is 6.32. The van der Waals surface area contributed by atoms with Gasteiger partial charge in [0, 0.05) is 19.1 Å². The Balaban J connectivity index is 1.65. The number of aldehydes is 1. The normalized spacial score (nSPS) is 21.5. The lowest BCUT2D eigenvalue weighted by Crippen LogP contribution is -2.47. The Labute approximate surface area is 130 Å². The van der Waals surface area contributed by atoms with Gasteiger partial charge in [0.2, 0.25) is 0 Å². The van der Waals surface area contributed by atoms with E-state index in [1.807, 2.05) is 0 Å². The Kier molecular flexibility index (Phi) is 4.70. The summed E-state index contributed by atoms with van der Waals surface area (Å²) in [6.07, 6.45) is 8.47. The molecule has 0 amide bonds. The molecule has 2 saturated heterocycles. The Morgan fingerprint density at radius 1 is 1.10 bits per heavy atom. The van der Waals surface area contributed by atoms with Gasteiger partial charge in [-0.3, -0.25) is 4.79 Å². The summed E-state index contributed by atoms with van der Waals surface area (Å²) in [4.78, 5) is 24.1. The molecule has 0 atom stereocenters. The van der Waals surface area contributed by atoms with Crippen LogP contribution in [0, 0.1) is 0 Å². The zero-order chi connectivity index (χ0) is 14.7. The number of aromatic nitrogens is 2. The molecule has 1 aromatic rings. The summed E-state index contributed by atoms with van der Waals surface area (Å²) in [6.45, 7) is 4.33. The van der Waals surface area contributed by atoms with Crippen molar-refractivity contribution < 1.29 is 4.79 Å². The van der Waals surface area contributed by atoms with Crippen LogP contribution in [0.5, 0.6) is 0 Å². The topological polar surface area (TPSA) is 49.3 Å². The lowest BCUT2D eigenvalue weighted by molar-refractivity contribution is 0.112. The van der Waals surface area contributed by atoms with Crippen molar-refractivity contribution in [2.75, 3.05) is 31.1 Å². The predicted octanol–water partition coefficient (Wildman–Crippen LogP) is 2.40. The minimum atomic E-state index is 0.244. The van der Waals surface area contributed by atoms with Gasteiger partial charge in [0.1, 0.15) is 17.3 Å². The van der Waals surface area contributed by atoms with Crippen LogP contribution in [0.25, 0.3) is 0 Å². The molecule has 21 heavy (non-hydrogen) atoms. The molecule has 0 radical (unpaired) electrons. The molecule has 0 aliphatic carbocycles. The van der Waals surface area contributed by atoms with E-state index in [1.165, 1.54) is 38.7 Å². The molecule has 1 aromatic heterocycles. The molecule has 0 N–H and O–H groups in total. The zero-order valence-corrected chi connectivity index (χ0v) is 12.9. The number of rotatable bonds is 3. The average Bonchev–Trinajstić information content (AvgIpc) is 2.55. The van der Waals surface area contributed by atoms with Crippen molar-refractivity contribution in [2.24, 2.45) is 0 Å². The molecule has 5 nitrogen and oxygen atoms in total. The fraction of sp³-hybridized carbons (Fsp3) is 0.667. The fourth-order valence-electron chi connectivity index (χ4n) is 3.45. The van der Waals surface area contributed by atoms with E-state index in [2.05, 4.69) is 19.8 Å². The van der Waals surface area contributed by atoms with Gasteiger partial charge in [-0.2, -0.15) is 0 Å². The van der Waals surface area contributed by atoms with E-state index in [0.717, 1.165) is 32.2 Å². The van der Waals surface area contributed by atoms with Crippen LogP contribution < -0.4 is 4.90 Å². The minimum absolute atomic E-state index is 0.244. The number of carbonyl (C=O) groups excluding carboxylic acids is 1. The summed E-state index contributed by atoms with van der Waals surface area (Å²) in [7, 11) is 0. The van der Waals surface area contributed by atoms with Crippen LogP contribution in [0.2, 0.25) is 5.15 Å². The van der Waals surface area contributed by atoms with E-state index in [4.69, 9.17) is 11.6 Å². The largest absolute Gasteiger partial charge is 0.356 e. The van der Waals surface area contributed by atoms with Crippen molar-refractivity contribution >= 4 is 23.7 Å². The molecule has 0 bridgehead atoms. The number of halogens is 1. The summed E-state index contributed by atoms with van der Waals surface area (Å²) < 4.78 is 0. The number of carbonyl (C=O) groups is 1. The van der Waals surface area contributed by atoms with E-state index in [9.17, 15) is 4.79 Å². The molecule has 0 saturated carbocycles. The van der Waals surface area contributed by atoms with E-state index in [0.29, 0.717) is 17.4 Å². The monoisotopic (exact) mass is 308 g/mol. The second kappa shape index (κ2) is 6.71. The molecule has 3 rings (SSSR count). The summed E-state index contributed by atoms with van der Waals surface area (Å²) in [5, 5.41) is 0.244. The van der Waals surface area contributed by atoms with E-state index in [1.54, 1.807) is 0 Å². The Morgan fingerprint density at radius 2 is 1.81 bits per heavy atom. The van der Waals surface area contributed by atoms with Gasteiger partial charge in [-0.25, -0.2) is 9.97 Å². The average molecular weight is 309 g/mol. The van der Waals surface area contributed by atoms with Gasteiger partial charge in [-0.15, -0.1) is 0 Å². The van der Waals surface area contributed by atoms with Crippen LogP contribution in [0.15, 0.2) is 6.33 Å². The molecule has 0 spiro atoms. The highest BCUT2D eigenvalue weighted by Gasteiger charge is 2.27. The molecule has 2 aliphatic rings. The SMILES string of the molecule is O=Cc1c(Cl)ncnc1N1CCC(N2CCCCC2)CC1. The maximum atomic E-state index is 11.2. The Hall–Kier alpha value is -1.20. The van der Waals surface area contributed by atoms with Crippen LogP contribution in [-0.4, -0.2) is 53.4 Å². The van der Waals surface area contributed by atoms with Gasteiger partial charge in [-0.1, -0.05) is 18.0 Å². The minimum Gasteiger partial charge on any atom is -0.356 e. The molecule has 2 fully saturated rings. The standard InChI is InChI=1S/C15H21ClN4O/c16-14-13(10-21)15(18-11-17-14)20-8-4-12(5-9-20)19-6-2-1-3-7-19/h10-12H,1-9H2. The van der Waals surface area contributed by atoms with Crippen molar-refractivity contribution in [3.63, 3.8) is 0 Å². The van der Waals surface area contributed by atoms with Gasteiger partial charge in [-0.05, 0) is 38.8 Å². The number of likely N-dealkylation sites (tertiary alicyclic amines) is 1. The summed E-state index contributed by atoms with van der Waals surface area (Å²) in [5.41, 5.74) is 0.413. The first-order valence-electron chi connectivity index (χ1n) is 7.74. The number of hydrogen-bond acceptors (Lipinski definition) is 5. The molecular weight excluding hydrogens is 288 g/mol. The summed E-state index contributed by atoms with van der Waals surface area (Å²) >= 11 is 5.98. The van der Waals surface area contributed by atoms with Crippen molar-refractivity contribution in [1.82, 2.24) is 14.9 Å². The number of piperidine rings is 2. The van der Waals surface area contributed by atoms with Gasteiger partial charge in [0.25, 0.3) is 0 Å². The van der Waals surface area contributed by atoms with Crippen LogP contribution in [0.3, 0.4) is 0 Å². The smallest absolute Gasteiger partial charge is 0.156 e. The maximum absolute atomic E-state index is 11.2. The highest BCUT2D eigenvalue weighted by Crippen LogP contribution is 2.27. The number of nitrogens with zero attached hydrogens (tertiary/aromatic N) is 4. The lowest BCUT2D eigenvalue weighted by Gasteiger charge is -2.40. The number of hydrogen-bond donors (Lipinski definition) is 0. The van der Waals surface area contributed by atoms with E-state index < -0.39 is 0 Å². The molecule has 3 heterocycles. The summed E-state index contributed by atoms with van der Waals surface area (Å²) in [5.74, 6) is 0.682. The second-order valence-corrected chi connectivity index (χ2v) is 6.19. The first kappa shape index (κ1) is 14.7. The molecular formula is C15H21ClN4O. The molecule has 6 heteroatoms. The highest BCUT2D eigenvalue weighted by atomic mass is 35.5. The van der Waals surface area contributed by atoms with Crippen molar-refractivity contribution in [2.45, 2.75) is 38.1 Å². The third-order valence-electron chi connectivity index (χ3n) is 4.60. The van der Waals surface area contributed by atoms with Crippen LogP contribution in [0.4, 0.5) is 5.82 Å². The molecule has 2 aliphatic heterocycles. The first-order valence-corrected chi connectivity index (χ1v) is 8.12. The number of anilines is 1. The van der Waals surface area contributed by atoms with Gasteiger partial charge >= 0.3 is 0 Å². The quantitative estimate of drug-likeness (QED) is 0.634. The second-order valence-electron chi connectivity index (χ2n) is 5.83. The fourth-order valence-corrected chi connectivity index (χ4v) is 3.62. The van der Waals surface area contributed by atoms with E-state index >= 15 is 0 Å². The van der Waals surface area contributed by atoms with Gasteiger partial charge in [0.05, 0.1) is 5.56 Å². The van der Waals surface area contributed by atoms with E-state index in [-0.39, 0.29) is 5.15 Å². The predicted molar refractivity (Wildman–Crippen MR) is 83.1 cm³/mol. The lowest BCUT2D eigenvalue weighted by atomic mass is 10.00. The summed E-state index contributed by atoms with van der Waals surface area (Å²) in [6, 6.07) is 0.679. The molecule has 0 unspecified atom stereocenters. The molecule has 114 valence electrons.